The smallest absolute Gasteiger partial charge is 0.324 e. The second-order valence-corrected chi connectivity index (χ2v) is 12.4. The van der Waals surface area contributed by atoms with Gasteiger partial charge in [0.25, 0.3) is 5.19 Å². The quantitative estimate of drug-likeness (QED) is 0.342. The molecule has 190 valence electrons. The molecule has 0 amide bonds. The van der Waals surface area contributed by atoms with Gasteiger partial charge in [-0.2, -0.15) is 9.97 Å². The van der Waals surface area contributed by atoms with Crippen LogP contribution in [-0.4, -0.2) is 59.0 Å². The minimum atomic E-state index is -3.25. The molecule has 3 aromatic heterocycles. The van der Waals surface area contributed by atoms with Crippen molar-refractivity contribution in [3.63, 3.8) is 0 Å². The van der Waals surface area contributed by atoms with E-state index in [1.165, 1.54) is 17.6 Å². The van der Waals surface area contributed by atoms with E-state index in [9.17, 15) is 8.42 Å². The highest BCUT2D eigenvalue weighted by Crippen LogP contribution is 2.32. The molecule has 36 heavy (non-hydrogen) atoms. The number of rotatable bonds is 7. The third-order valence-electron chi connectivity index (χ3n) is 6.39. The first kappa shape index (κ1) is 24.6. The van der Waals surface area contributed by atoms with Gasteiger partial charge in [0.2, 0.25) is 0 Å². The van der Waals surface area contributed by atoms with E-state index < -0.39 is 9.84 Å². The topological polar surface area (TPSA) is 124 Å². The Hall–Kier alpha value is -3.12. The molecule has 0 N–H and O–H groups in total. The van der Waals surface area contributed by atoms with E-state index in [1.807, 2.05) is 13.8 Å². The van der Waals surface area contributed by atoms with Crippen LogP contribution in [0.1, 0.15) is 45.4 Å². The fourth-order valence-corrected chi connectivity index (χ4v) is 5.63. The normalized spacial score (nSPS) is 16.1. The molecule has 1 aliphatic heterocycles. The Morgan fingerprint density at radius 2 is 1.81 bits per heavy atom. The summed E-state index contributed by atoms with van der Waals surface area (Å²) in [6, 6.07) is 7.21. The van der Waals surface area contributed by atoms with Crippen molar-refractivity contribution in [1.29, 1.82) is 0 Å². The summed E-state index contributed by atoms with van der Waals surface area (Å²) in [5.74, 6) is 1.35. The Balaban J connectivity index is 1.22. The van der Waals surface area contributed by atoms with Gasteiger partial charge in [0.05, 0.1) is 16.8 Å². The number of sulfone groups is 1. The molecule has 4 aromatic rings. The molecule has 0 aliphatic carbocycles. The number of thiazole rings is 1. The van der Waals surface area contributed by atoms with Crippen LogP contribution in [-0.2, 0) is 9.84 Å². The van der Waals surface area contributed by atoms with Crippen molar-refractivity contribution in [3.05, 3.63) is 36.3 Å². The molecule has 1 aliphatic rings. The number of aromatic nitrogens is 5. The zero-order valence-electron chi connectivity index (χ0n) is 20.6. The van der Waals surface area contributed by atoms with Crippen LogP contribution in [0.15, 0.2) is 39.9 Å². The second-order valence-electron chi connectivity index (χ2n) is 9.40. The van der Waals surface area contributed by atoms with Gasteiger partial charge in [-0.15, -0.1) is 0 Å². The lowest BCUT2D eigenvalue weighted by Crippen LogP contribution is -2.38. The van der Waals surface area contributed by atoms with Crippen molar-refractivity contribution >= 4 is 37.7 Å². The Labute approximate surface area is 213 Å². The van der Waals surface area contributed by atoms with E-state index in [1.54, 1.807) is 30.5 Å². The Morgan fingerprint density at radius 1 is 1.08 bits per heavy atom. The minimum Gasteiger partial charge on any atom is -0.467 e. The molecule has 5 rings (SSSR count). The maximum Gasteiger partial charge on any atom is 0.324 e. The highest BCUT2D eigenvalue weighted by atomic mass is 32.2. The first-order chi connectivity index (χ1) is 17.2. The zero-order valence-corrected chi connectivity index (χ0v) is 22.2. The first-order valence-electron chi connectivity index (χ1n) is 11.9. The lowest BCUT2D eigenvalue weighted by atomic mass is 9.92. The number of anilines is 1. The third-order valence-corrected chi connectivity index (χ3v) is 8.35. The summed E-state index contributed by atoms with van der Waals surface area (Å²) in [5.41, 5.74) is 1.97. The van der Waals surface area contributed by atoms with Crippen LogP contribution in [0.4, 0.5) is 6.01 Å². The lowest BCUT2D eigenvalue weighted by Gasteiger charge is -2.33. The van der Waals surface area contributed by atoms with Gasteiger partial charge < -0.3 is 14.2 Å². The molecule has 1 saturated heterocycles. The van der Waals surface area contributed by atoms with Crippen LogP contribution >= 0.6 is 11.3 Å². The highest BCUT2D eigenvalue weighted by Gasteiger charge is 2.28. The summed E-state index contributed by atoms with van der Waals surface area (Å²) in [4.78, 5) is 21.2. The average molecular weight is 529 g/mol. The number of fused-ring (bicyclic) bond motifs is 1. The lowest BCUT2D eigenvalue weighted by molar-refractivity contribution is 0.131. The molecule has 4 heterocycles. The minimum absolute atomic E-state index is 0.00960. The number of ether oxygens (including phenoxy) is 1. The van der Waals surface area contributed by atoms with Crippen LogP contribution in [0.25, 0.3) is 21.7 Å². The first-order valence-corrected chi connectivity index (χ1v) is 14.6. The van der Waals surface area contributed by atoms with E-state index in [-0.39, 0.29) is 16.9 Å². The molecule has 1 aromatic carbocycles. The number of hydrogen-bond donors (Lipinski definition) is 0. The van der Waals surface area contributed by atoms with Gasteiger partial charge >= 0.3 is 6.01 Å². The van der Waals surface area contributed by atoms with Crippen molar-refractivity contribution in [1.82, 2.24) is 25.1 Å². The molecule has 1 fully saturated rings. The van der Waals surface area contributed by atoms with Crippen LogP contribution in [0.5, 0.6) is 5.19 Å². The molecule has 1 unspecified atom stereocenters. The van der Waals surface area contributed by atoms with Crippen LogP contribution in [0.2, 0.25) is 0 Å². The van der Waals surface area contributed by atoms with Gasteiger partial charge in [0.1, 0.15) is 6.10 Å². The summed E-state index contributed by atoms with van der Waals surface area (Å²) in [6.45, 7) is 7.84. The highest BCUT2D eigenvalue weighted by molar-refractivity contribution is 7.90. The van der Waals surface area contributed by atoms with Crippen molar-refractivity contribution in [2.45, 2.75) is 50.5 Å². The van der Waals surface area contributed by atoms with Crippen LogP contribution in [0.3, 0.4) is 0 Å². The predicted octanol–water partition coefficient (Wildman–Crippen LogP) is 4.35. The molecule has 0 saturated carbocycles. The van der Waals surface area contributed by atoms with Crippen molar-refractivity contribution in [2.75, 3.05) is 24.2 Å². The van der Waals surface area contributed by atoms with Gasteiger partial charge in [0, 0.05) is 30.8 Å². The maximum atomic E-state index is 11.7. The number of hydrogen-bond acceptors (Lipinski definition) is 11. The summed E-state index contributed by atoms with van der Waals surface area (Å²) in [6.07, 6.45) is 4.73. The molecule has 0 spiro atoms. The fourth-order valence-electron chi connectivity index (χ4n) is 4.17. The van der Waals surface area contributed by atoms with E-state index in [0.717, 1.165) is 37.3 Å². The molecular weight excluding hydrogens is 500 g/mol. The zero-order chi connectivity index (χ0) is 25.4. The van der Waals surface area contributed by atoms with E-state index in [4.69, 9.17) is 9.26 Å². The number of piperidine rings is 1. The summed E-state index contributed by atoms with van der Waals surface area (Å²) >= 11 is 1.36. The molecule has 0 bridgehead atoms. The van der Waals surface area contributed by atoms with Gasteiger partial charge in [-0.05, 0) is 37.8 Å². The third kappa shape index (κ3) is 5.19. The SMILES string of the molecule is CC(C)c1noc(N2CCC(C(C)Oc3nc4ncc(-c5ccc(S(C)(=O)=O)cc5)nc4s3)CC2)n1. The number of nitrogens with zero attached hydrogens (tertiary/aromatic N) is 6. The summed E-state index contributed by atoms with van der Waals surface area (Å²) < 4.78 is 35.1. The average Bonchev–Trinajstić information content (AvgIpc) is 3.50. The van der Waals surface area contributed by atoms with E-state index in [0.29, 0.717) is 33.3 Å². The van der Waals surface area contributed by atoms with E-state index >= 15 is 0 Å². The van der Waals surface area contributed by atoms with Crippen LogP contribution < -0.4 is 9.64 Å². The van der Waals surface area contributed by atoms with Crippen molar-refractivity contribution in [2.24, 2.45) is 5.92 Å². The summed E-state index contributed by atoms with van der Waals surface area (Å²) in [5, 5.41) is 4.61. The van der Waals surface area contributed by atoms with Gasteiger partial charge in [0.15, 0.2) is 26.1 Å². The largest absolute Gasteiger partial charge is 0.467 e. The van der Waals surface area contributed by atoms with Crippen LogP contribution in [0, 0.1) is 5.92 Å². The monoisotopic (exact) mass is 528 g/mol. The van der Waals surface area contributed by atoms with Gasteiger partial charge in [-0.1, -0.05) is 42.5 Å². The second kappa shape index (κ2) is 9.74. The standard InChI is InChI=1S/C24H28N6O4S2/c1-14(2)20-27-23(34-29-20)30-11-9-16(10-12-30)15(3)33-24-28-21-22(35-24)26-19(13-25-21)17-5-7-18(8-6-17)36(4,31)32/h5-8,13-16H,9-12H2,1-4H3. The molecular formula is C24H28N6O4S2. The molecule has 10 nitrogen and oxygen atoms in total. The number of benzene rings is 1. The summed E-state index contributed by atoms with van der Waals surface area (Å²) in [7, 11) is -3.25. The fraction of sp³-hybridized carbons (Fsp3) is 0.458. The van der Waals surface area contributed by atoms with Gasteiger partial charge in [-0.3, -0.25) is 0 Å². The van der Waals surface area contributed by atoms with Crippen molar-refractivity contribution in [3.8, 4) is 16.5 Å². The maximum absolute atomic E-state index is 11.7. The predicted molar refractivity (Wildman–Crippen MR) is 137 cm³/mol. The van der Waals surface area contributed by atoms with Crippen molar-refractivity contribution < 1.29 is 17.7 Å². The Bertz CT molecular complexity index is 1460. The Morgan fingerprint density at radius 3 is 2.44 bits per heavy atom. The molecule has 12 heteroatoms. The van der Waals surface area contributed by atoms with E-state index in [2.05, 4.69) is 36.9 Å². The van der Waals surface area contributed by atoms with Gasteiger partial charge in [-0.25, -0.2) is 18.4 Å². The molecule has 1 atom stereocenters. The molecule has 0 radical (unpaired) electrons. The Kier molecular flexibility index (Phi) is 6.64.